The van der Waals surface area contributed by atoms with E-state index in [9.17, 15) is 15.0 Å². The Kier molecular flexibility index (Phi) is 31.1. The molecule has 6 unspecified atom stereocenters. The van der Waals surface area contributed by atoms with Crippen molar-refractivity contribution in [2.45, 2.75) is 75.7 Å². The van der Waals surface area contributed by atoms with E-state index in [0.717, 1.165) is 12.8 Å². The molecule has 0 aromatic heterocycles. The third kappa shape index (κ3) is 21.4. The van der Waals surface area contributed by atoms with Gasteiger partial charge in [0.05, 0.1) is 6.07 Å². The predicted octanol–water partition coefficient (Wildman–Crippen LogP) is 5.00. The SMILES string of the molecule is N#CC(O)C(CC1CCC1)NP.NC(=O)C(O)C(CC1CCC1)NP.[I][V]([I])[I].[I][V][I]. The summed E-state index contributed by atoms with van der Waals surface area (Å²) in [5.41, 5.74) is 5.01. The number of aliphatic hydroxyl groups excluding tert-OH is 2. The average molecular weight is 1130 g/mol. The van der Waals surface area contributed by atoms with E-state index in [-0.39, 0.29) is 17.0 Å². The van der Waals surface area contributed by atoms with E-state index in [1.807, 2.05) is 6.07 Å². The summed E-state index contributed by atoms with van der Waals surface area (Å²) in [6.45, 7) is 0. The number of rotatable bonds is 9. The molecule has 0 aromatic carbocycles. The van der Waals surface area contributed by atoms with Gasteiger partial charge in [0.25, 0.3) is 0 Å². The third-order valence-corrected chi connectivity index (χ3v) is 6.09. The van der Waals surface area contributed by atoms with Crippen LogP contribution in [0.3, 0.4) is 0 Å². The average Bonchev–Trinajstić information content (AvgIpc) is 2.66. The van der Waals surface area contributed by atoms with Crippen LogP contribution in [0, 0.1) is 23.2 Å². The van der Waals surface area contributed by atoms with Crippen LogP contribution in [-0.2, 0) is 19.2 Å². The van der Waals surface area contributed by atoms with Gasteiger partial charge >= 0.3 is 114 Å². The number of nitriles is 1. The van der Waals surface area contributed by atoms with Gasteiger partial charge in [-0.15, -0.1) is 0 Å². The van der Waals surface area contributed by atoms with E-state index in [0.29, 0.717) is 21.3 Å². The molecule has 0 spiro atoms. The number of primary amides is 1. The van der Waals surface area contributed by atoms with Crippen LogP contribution in [0.5, 0.6) is 0 Å². The Morgan fingerprint density at radius 2 is 1.41 bits per heavy atom. The molecular weight excluding hydrogens is 1090 g/mol. The summed E-state index contributed by atoms with van der Waals surface area (Å²) >= 11 is 12.1. The van der Waals surface area contributed by atoms with Crippen molar-refractivity contribution in [1.29, 1.82) is 5.26 Å². The summed E-state index contributed by atoms with van der Waals surface area (Å²) in [4.78, 5) is 10.4. The summed E-state index contributed by atoms with van der Waals surface area (Å²) in [6, 6.07) is 1.56. The van der Waals surface area contributed by atoms with Crippen LogP contribution in [0.2, 0.25) is 0 Å². The fourth-order valence-electron chi connectivity index (χ4n) is 3.04. The predicted molar refractivity (Wildman–Crippen MR) is 174 cm³/mol. The van der Waals surface area contributed by atoms with Gasteiger partial charge in [-0.1, -0.05) is 57.3 Å². The third-order valence-electron chi connectivity index (χ3n) is 5.24. The molecule has 2 rings (SSSR count). The van der Waals surface area contributed by atoms with Crippen LogP contribution in [-0.4, -0.2) is 40.4 Å². The zero-order valence-corrected chi connectivity index (χ0v) is 33.3. The Hall–Kier alpha value is 4.48. The van der Waals surface area contributed by atoms with E-state index in [1.54, 1.807) is 0 Å². The van der Waals surface area contributed by atoms with Crippen molar-refractivity contribution in [2.24, 2.45) is 17.6 Å². The first-order valence-electron chi connectivity index (χ1n) is 9.74. The van der Waals surface area contributed by atoms with Crippen LogP contribution >= 0.6 is 119 Å². The molecule has 0 radical (unpaired) electrons. The molecule has 7 nitrogen and oxygen atoms in total. The number of aliphatic hydroxyl groups is 2. The van der Waals surface area contributed by atoms with Crippen LogP contribution in [0.15, 0.2) is 0 Å². The molecule has 16 heteroatoms. The number of carbonyl (C=O) groups excluding carboxylic acids is 1. The van der Waals surface area contributed by atoms with Crippen LogP contribution in [0.1, 0.15) is 51.4 Å². The summed E-state index contributed by atoms with van der Waals surface area (Å²) in [6.07, 6.45) is 7.27. The number of carbonyl (C=O) groups is 1. The number of halogens is 5. The van der Waals surface area contributed by atoms with Crippen molar-refractivity contribution in [2.75, 3.05) is 0 Å². The number of hydrogen-bond acceptors (Lipinski definition) is 6. The maximum atomic E-state index is 10.7. The van der Waals surface area contributed by atoms with Crippen molar-refractivity contribution in [3.63, 3.8) is 0 Å². The molecule has 2 saturated carbocycles. The van der Waals surface area contributed by atoms with Crippen LogP contribution < -0.4 is 15.9 Å². The Labute approximate surface area is 264 Å². The molecule has 2 fully saturated rings. The quantitative estimate of drug-likeness (QED) is 0.126. The minimum absolute atomic E-state index is 0.0784. The second kappa shape index (κ2) is 25.7. The van der Waals surface area contributed by atoms with Gasteiger partial charge in [0, 0.05) is 12.1 Å². The first-order valence-corrected chi connectivity index (χ1v) is 33.4. The number of nitrogens with one attached hydrogen (secondary N) is 2. The van der Waals surface area contributed by atoms with Crippen molar-refractivity contribution in [3.05, 3.63) is 0 Å². The topological polar surface area (TPSA) is 131 Å². The molecule has 189 valence electrons. The Morgan fingerprint density at radius 3 is 1.62 bits per heavy atom. The number of nitrogens with zero attached hydrogens (tertiary/aromatic N) is 1. The summed E-state index contributed by atoms with van der Waals surface area (Å²) in [5.74, 6) is 0.706. The number of nitrogens with two attached hydrogens (primary N) is 1. The Balaban J connectivity index is 0. The van der Waals surface area contributed by atoms with Crippen molar-refractivity contribution in [3.8, 4) is 6.07 Å². The number of hydrogen-bond donors (Lipinski definition) is 5. The summed E-state index contributed by atoms with van der Waals surface area (Å²) in [5, 5.41) is 32.9. The van der Waals surface area contributed by atoms with E-state index in [1.165, 1.54) is 38.5 Å². The van der Waals surface area contributed by atoms with Gasteiger partial charge in [0.15, 0.2) is 6.10 Å². The summed E-state index contributed by atoms with van der Waals surface area (Å²) in [7, 11) is 5.32. The molecule has 2 aliphatic rings. The molecule has 0 bridgehead atoms. The van der Waals surface area contributed by atoms with E-state index in [4.69, 9.17) is 11.0 Å². The first kappa shape index (κ1) is 38.6. The van der Waals surface area contributed by atoms with E-state index >= 15 is 0 Å². The maximum absolute atomic E-state index is 10.7. The number of amides is 1. The Morgan fingerprint density at radius 1 is 1.06 bits per heavy atom. The van der Waals surface area contributed by atoms with Gasteiger partial charge in [-0.25, -0.2) is 0 Å². The summed E-state index contributed by atoms with van der Waals surface area (Å²) < 4.78 is 0. The van der Waals surface area contributed by atoms with Crippen molar-refractivity contribution >= 4 is 125 Å². The molecule has 32 heavy (non-hydrogen) atoms. The zero-order chi connectivity index (χ0) is 25.1. The fraction of sp³-hybridized carbons (Fsp3) is 0.875. The molecule has 6 N–H and O–H groups in total. The van der Waals surface area contributed by atoms with Gasteiger partial charge < -0.3 is 15.9 Å². The standard InChI is InChI=1S/C8H17N2O2P.C8H15N2OP.5HI.2V/c9-8(12)7(11)6(10-13)4-5-2-1-3-5;9-5-8(11)7(10-12)4-6-2-1-3-6;;;;;;;/h5-7,10-11H,1-4,13H2,(H2,9,12);6-8,10-11H,1-4,12H2;5*1H;;/q;;;;;;;+2;+3/p-5. The van der Waals surface area contributed by atoms with Gasteiger partial charge in [0.2, 0.25) is 5.91 Å². The van der Waals surface area contributed by atoms with Crippen LogP contribution in [0.25, 0.3) is 0 Å². The van der Waals surface area contributed by atoms with E-state index in [2.05, 4.69) is 129 Å². The van der Waals surface area contributed by atoms with E-state index < -0.39 is 18.1 Å². The molecule has 6 atom stereocenters. The fourth-order valence-corrected chi connectivity index (χ4v) is 3.68. The van der Waals surface area contributed by atoms with Crippen molar-refractivity contribution < 1.29 is 29.4 Å². The Bertz CT molecular complexity index is 522. The molecule has 0 aliphatic heterocycles. The normalized spacial score (nSPS) is 18.9. The zero-order valence-electron chi connectivity index (χ0n) is 17.4. The second-order valence-electron chi connectivity index (χ2n) is 7.29. The molecule has 0 aromatic rings. The van der Waals surface area contributed by atoms with Gasteiger partial charge in [-0.3, -0.25) is 15.0 Å². The molecular formula is C16H32I5N4O3P2V2. The van der Waals surface area contributed by atoms with Crippen LogP contribution in [0.4, 0.5) is 0 Å². The molecule has 1 amide bonds. The molecule has 0 saturated heterocycles. The molecule has 2 aliphatic carbocycles. The van der Waals surface area contributed by atoms with Gasteiger partial charge in [-0.05, 0) is 24.7 Å². The van der Waals surface area contributed by atoms with Gasteiger partial charge in [-0.2, -0.15) is 5.26 Å². The second-order valence-corrected chi connectivity index (χ2v) is 55.1. The van der Waals surface area contributed by atoms with Crippen molar-refractivity contribution in [1.82, 2.24) is 10.2 Å². The molecule has 0 heterocycles. The first-order chi connectivity index (χ1) is 15.1. The van der Waals surface area contributed by atoms with Gasteiger partial charge in [0.1, 0.15) is 6.10 Å². The monoisotopic (exact) mass is 1130 g/mol. The minimum atomic E-state index is -1.07.